The van der Waals surface area contributed by atoms with Crippen molar-refractivity contribution in [2.75, 3.05) is 12.0 Å². The molecule has 0 spiro atoms. The minimum absolute atomic E-state index is 0.0742. The van der Waals surface area contributed by atoms with Crippen LogP contribution in [0, 0.1) is 0 Å². The predicted molar refractivity (Wildman–Crippen MR) is 103 cm³/mol. The van der Waals surface area contributed by atoms with E-state index in [1.165, 1.54) is 11.3 Å². The van der Waals surface area contributed by atoms with E-state index in [-0.39, 0.29) is 12.7 Å². The van der Waals surface area contributed by atoms with Crippen molar-refractivity contribution in [1.29, 1.82) is 0 Å². The molecule has 0 amide bonds. The lowest BCUT2D eigenvalue weighted by Gasteiger charge is -2.04. The van der Waals surface area contributed by atoms with Gasteiger partial charge in [0, 0.05) is 12.4 Å². The number of benzene rings is 2. The highest BCUT2D eigenvalue weighted by Crippen LogP contribution is 2.30. The van der Waals surface area contributed by atoms with Crippen LogP contribution >= 0.6 is 11.3 Å². The molecule has 4 aromatic rings. The fourth-order valence-electron chi connectivity index (χ4n) is 2.55. The number of nitrogens with one attached hydrogen (secondary N) is 1. The Kier molecular flexibility index (Phi) is 4.57. The fourth-order valence-corrected chi connectivity index (χ4v) is 3.43. The van der Waals surface area contributed by atoms with Gasteiger partial charge in [0.25, 0.3) is 0 Å². The van der Waals surface area contributed by atoms with Crippen LogP contribution in [0.25, 0.3) is 21.3 Å². The number of ether oxygens (including phenoxy) is 1. The molecule has 0 aliphatic heterocycles. The van der Waals surface area contributed by atoms with E-state index >= 15 is 0 Å². The van der Waals surface area contributed by atoms with Crippen molar-refractivity contribution in [2.45, 2.75) is 0 Å². The topological polar surface area (TPSA) is 64.1 Å². The Morgan fingerprint density at radius 2 is 1.81 bits per heavy atom. The Balaban J connectivity index is 1.44. The van der Waals surface area contributed by atoms with Crippen molar-refractivity contribution < 1.29 is 9.53 Å². The van der Waals surface area contributed by atoms with E-state index in [0.29, 0.717) is 10.7 Å². The molecule has 0 fully saturated rings. The van der Waals surface area contributed by atoms with Gasteiger partial charge < -0.3 is 10.1 Å². The Morgan fingerprint density at radius 3 is 2.62 bits per heavy atom. The quantitative estimate of drug-likeness (QED) is 0.416. The molecule has 0 aliphatic carbocycles. The van der Waals surface area contributed by atoms with E-state index in [9.17, 15) is 4.79 Å². The lowest BCUT2D eigenvalue weighted by molar-refractivity contribution is 0.0534. The molecule has 0 aliphatic rings. The van der Waals surface area contributed by atoms with Crippen molar-refractivity contribution in [2.24, 2.45) is 0 Å². The van der Waals surface area contributed by atoms with Gasteiger partial charge in [0.15, 0.2) is 11.9 Å². The second-order valence-corrected chi connectivity index (χ2v) is 6.59. The van der Waals surface area contributed by atoms with Crippen molar-refractivity contribution >= 4 is 32.7 Å². The van der Waals surface area contributed by atoms with Crippen LogP contribution < -0.4 is 5.32 Å². The number of pyridine rings is 1. The zero-order valence-corrected chi connectivity index (χ0v) is 14.6. The van der Waals surface area contributed by atoms with Crippen LogP contribution in [0.1, 0.15) is 10.4 Å². The van der Waals surface area contributed by atoms with Gasteiger partial charge >= 0.3 is 5.97 Å². The average Bonchev–Trinajstić information content (AvgIpc) is 3.11. The third-order valence-corrected chi connectivity index (χ3v) is 4.81. The van der Waals surface area contributed by atoms with E-state index in [1.54, 1.807) is 36.7 Å². The number of rotatable bonds is 5. The SMILES string of the molecule is O=C(OCNc1nc2ccc(-c3ccncc3)cc2s1)c1ccccc1. The third kappa shape index (κ3) is 3.55. The molecule has 2 aromatic carbocycles. The van der Waals surface area contributed by atoms with Crippen LogP contribution in [-0.2, 0) is 4.74 Å². The zero-order chi connectivity index (χ0) is 17.8. The first-order valence-electron chi connectivity index (χ1n) is 8.07. The summed E-state index contributed by atoms with van der Waals surface area (Å²) in [7, 11) is 0. The lowest BCUT2D eigenvalue weighted by atomic mass is 10.1. The molecular formula is C20H15N3O2S. The summed E-state index contributed by atoms with van der Waals surface area (Å²) < 4.78 is 6.30. The predicted octanol–water partition coefficient (Wildman–Crippen LogP) is 4.58. The van der Waals surface area contributed by atoms with Crippen LogP contribution in [0.4, 0.5) is 5.13 Å². The highest BCUT2D eigenvalue weighted by atomic mass is 32.1. The van der Waals surface area contributed by atoms with Crippen molar-refractivity contribution in [3.63, 3.8) is 0 Å². The van der Waals surface area contributed by atoms with Gasteiger partial charge in [0.1, 0.15) is 0 Å². The molecule has 6 heteroatoms. The van der Waals surface area contributed by atoms with Crippen molar-refractivity contribution in [3.05, 3.63) is 78.6 Å². The first kappa shape index (κ1) is 16.2. The number of carbonyl (C=O) groups excluding carboxylic acids is 1. The molecule has 0 saturated carbocycles. The summed E-state index contributed by atoms with van der Waals surface area (Å²) in [4.78, 5) is 20.5. The number of esters is 1. The van der Waals surface area contributed by atoms with Gasteiger partial charge in [-0.15, -0.1) is 0 Å². The monoisotopic (exact) mass is 361 g/mol. The number of fused-ring (bicyclic) bond motifs is 1. The minimum atomic E-state index is -0.362. The van der Waals surface area contributed by atoms with Gasteiger partial charge in [-0.05, 0) is 47.5 Å². The van der Waals surface area contributed by atoms with E-state index in [1.807, 2.05) is 30.3 Å². The van der Waals surface area contributed by atoms with Gasteiger partial charge in [-0.2, -0.15) is 0 Å². The molecule has 4 rings (SSSR count). The molecule has 26 heavy (non-hydrogen) atoms. The maximum absolute atomic E-state index is 11.9. The van der Waals surface area contributed by atoms with Crippen LogP contribution in [0.2, 0.25) is 0 Å². The summed E-state index contributed by atoms with van der Waals surface area (Å²) in [5.74, 6) is -0.362. The number of nitrogens with zero attached hydrogens (tertiary/aromatic N) is 2. The fraction of sp³-hybridized carbons (Fsp3) is 0.0500. The van der Waals surface area contributed by atoms with Crippen molar-refractivity contribution in [3.8, 4) is 11.1 Å². The van der Waals surface area contributed by atoms with Gasteiger partial charge in [0.05, 0.1) is 15.8 Å². The van der Waals surface area contributed by atoms with Crippen LogP contribution in [0.3, 0.4) is 0 Å². The molecule has 0 unspecified atom stereocenters. The summed E-state index contributed by atoms with van der Waals surface area (Å²) >= 11 is 1.52. The smallest absolute Gasteiger partial charge is 0.339 e. The second-order valence-electron chi connectivity index (χ2n) is 5.56. The molecule has 0 atom stereocenters. The molecule has 0 radical (unpaired) electrons. The largest absolute Gasteiger partial charge is 0.441 e. The first-order chi connectivity index (χ1) is 12.8. The highest BCUT2D eigenvalue weighted by Gasteiger charge is 2.08. The van der Waals surface area contributed by atoms with Crippen molar-refractivity contribution in [1.82, 2.24) is 9.97 Å². The Bertz CT molecular complexity index is 1030. The summed E-state index contributed by atoms with van der Waals surface area (Å²) in [6.07, 6.45) is 3.56. The zero-order valence-electron chi connectivity index (χ0n) is 13.8. The van der Waals surface area contributed by atoms with E-state index < -0.39 is 0 Å². The number of thiazole rings is 1. The Hall–Kier alpha value is -3.25. The van der Waals surface area contributed by atoms with Gasteiger partial charge in [-0.3, -0.25) is 4.98 Å². The molecule has 0 bridgehead atoms. The molecular weight excluding hydrogens is 346 g/mol. The number of aromatic nitrogens is 2. The Morgan fingerprint density at radius 1 is 1.00 bits per heavy atom. The molecule has 1 N–H and O–H groups in total. The summed E-state index contributed by atoms with van der Waals surface area (Å²) in [5.41, 5.74) is 3.66. The van der Waals surface area contributed by atoms with Gasteiger partial charge in [0.2, 0.25) is 0 Å². The van der Waals surface area contributed by atoms with E-state index in [0.717, 1.165) is 21.3 Å². The Labute approximate surface area is 154 Å². The third-order valence-electron chi connectivity index (χ3n) is 3.84. The van der Waals surface area contributed by atoms with E-state index in [4.69, 9.17) is 4.74 Å². The lowest BCUT2D eigenvalue weighted by Crippen LogP contribution is -2.12. The maximum atomic E-state index is 11.9. The van der Waals surface area contributed by atoms with Gasteiger partial charge in [-0.25, -0.2) is 9.78 Å². The van der Waals surface area contributed by atoms with Crippen LogP contribution in [0.5, 0.6) is 0 Å². The minimum Gasteiger partial charge on any atom is -0.441 e. The number of anilines is 1. The number of hydrogen-bond donors (Lipinski definition) is 1. The van der Waals surface area contributed by atoms with E-state index in [2.05, 4.69) is 21.4 Å². The standard InChI is InChI=1S/C20H15N3O2S/c24-19(15-4-2-1-3-5-15)25-13-22-20-23-17-7-6-16(12-18(17)26-20)14-8-10-21-11-9-14/h1-12H,13H2,(H,22,23). The normalized spacial score (nSPS) is 10.6. The molecule has 128 valence electrons. The summed E-state index contributed by atoms with van der Waals surface area (Å²) in [5, 5.41) is 3.76. The average molecular weight is 361 g/mol. The van der Waals surface area contributed by atoms with Crippen LogP contribution in [-0.4, -0.2) is 22.7 Å². The molecule has 2 aromatic heterocycles. The molecule has 0 saturated heterocycles. The number of hydrogen-bond acceptors (Lipinski definition) is 6. The summed E-state index contributed by atoms with van der Waals surface area (Å²) in [6, 6.07) is 19.0. The highest BCUT2D eigenvalue weighted by molar-refractivity contribution is 7.22. The maximum Gasteiger partial charge on any atom is 0.339 e. The summed E-state index contributed by atoms with van der Waals surface area (Å²) in [6.45, 7) is 0.0742. The first-order valence-corrected chi connectivity index (χ1v) is 8.88. The second kappa shape index (κ2) is 7.33. The van der Waals surface area contributed by atoms with Gasteiger partial charge in [-0.1, -0.05) is 35.6 Å². The molecule has 2 heterocycles. The number of carbonyl (C=O) groups is 1. The molecule has 5 nitrogen and oxygen atoms in total. The van der Waals surface area contributed by atoms with Crippen LogP contribution in [0.15, 0.2) is 73.1 Å².